The monoisotopic (exact) mass is 406 g/mol. The van der Waals surface area contributed by atoms with Crippen LogP contribution in [0.3, 0.4) is 0 Å². The van der Waals surface area contributed by atoms with Crippen LogP contribution in [0.5, 0.6) is 0 Å². The Morgan fingerprint density at radius 1 is 1.26 bits per heavy atom. The molecule has 0 saturated heterocycles. The lowest BCUT2D eigenvalue weighted by atomic mass is 10.1. The SMILES string of the molecule is N#Cc1c(-c2ccc(Cl)cc2)nc(SCCCCCCC(=O)NO)[nH]c1=O. The molecule has 0 unspecified atom stereocenters. The molecule has 0 spiro atoms. The van der Waals surface area contributed by atoms with Crippen molar-refractivity contribution in [1.82, 2.24) is 15.4 Å². The highest BCUT2D eigenvalue weighted by Gasteiger charge is 2.13. The molecule has 0 bridgehead atoms. The molecular weight excluding hydrogens is 388 g/mol. The van der Waals surface area contributed by atoms with Gasteiger partial charge in [-0.1, -0.05) is 48.3 Å². The van der Waals surface area contributed by atoms with Gasteiger partial charge in [-0.3, -0.25) is 14.8 Å². The fraction of sp³-hybridized carbons (Fsp3) is 0.333. The number of nitrogens with one attached hydrogen (secondary N) is 2. The second-order valence-corrected chi connectivity index (χ2v) is 7.28. The first kappa shape index (κ1) is 21.0. The van der Waals surface area contributed by atoms with Crippen molar-refractivity contribution in [2.45, 2.75) is 37.3 Å². The van der Waals surface area contributed by atoms with Crippen LogP contribution < -0.4 is 11.0 Å². The number of nitrogens with zero attached hydrogens (tertiary/aromatic N) is 2. The van der Waals surface area contributed by atoms with Crippen LogP contribution in [0.25, 0.3) is 11.3 Å². The van der Waals surface area contributed by atoms with Crippen LogP contribution in [0.1, 0.15) is 37.7 Å². The molecule has 0 aliphatic rings. The van der Waals surface area contributed by atoms with Crippen molar-refractivity contribution in [3.8, 4) is 17.3 Å². The molecule has 0 atom stereocenters. The molecule has 2 rings (SSSR count). The zero-order chi connectivity index (χ0) is 19.6. The summed E-state index contributed by atoms with van der Waals surface area (Å²) >= 11 is 7.30. The molecule has 142 valence electrons. The molecule has 0 radical (unpaired) electrons. The number of thioether (sulfide) groups is 1. The number of unbranched alkanes of at least 4 members (excludes halogenated alkanes) is 3. The van der Waals surface area contributed by atoms with Crippen molar-refractivity contribution in [3.05, 3.63) is 45.2 Å². The van der Waals surface area contributed by atoms with Crippen molar-refractivity contribution in [3.63, 3.8) is 0 Å². The Hall–Kier alpha value is -2.34. The average Bonchev–Trinajstić information content (AvgIpc) is 2.67. The van der Waals surface area contributed by atoms with Crippen molar-refractivity contribution in [2.24, 2.45) is 0 Å². The normalized spacial score (nSPS) is 10.4. The first-order valence-electron chi connectivity index (χ1n) is 8.41. The molecule has 1 aromatic heterocycles. The lowest BCUT2D eigenvalue weighted by Gasteiger charge is -2.07. The van der Waals surface area contributed by atoms with Crippen LogP contribution in [0.2, 0.25) is 5.02 Å². The molecule has 0 aliphatic heterocycles. The molecule has 2 aromatic rings. The summed E-state index contributed by atoms with van der Waals surface area (Å²) in [6.07, 6.45) is 3.71. The van der Waals surface area contributed by atoms with Gasteiger partial charge in [0, 0.05) is 22.8 Å². The quantitative estimate of drug-likeness (QED) is 0.193. The zero-order valence-corrected chi connectivity index (χ0v) is 16.1. The number of halogens is 1. The molecule has 1 heterocycles. The number of benzene rings is 1. The number of hydroxylamine groups is 1. The summed E-state index contributed by atoms with van der Waals surface area (Å²) in [5.74, 6) is 0.375. The predicted octanol–water partition coefficient (Wildman–Crippen LogP) is 3.51. The Bertz CT molecular complexity index is 878. The van der Waals surface area contributed by atoms with Crippen molar-refractivity contribution < 1.29 is 10.0 Å². The smallest absolute Gasteiger partial charge is 0.270 e. The standard InChI is InChI=1S/C18H19ClN4O3S/c19-13-8-6-12(7-9-13)16-14(11-20)17(25)22-18(21-16)27-10-4-2-1-3-5-15(24)23-26/h6-9,26H,1-5,10H2,(H,23,24)(H,21,22,25). The number of carbonyl (C=O) groups excluding carboxylic acids is 1. The van der Waals surface area contributed by atoms with E-state index >= 15 is 0 Å². The number of aromatic amines is 1. The van der Waals surface area contributed by atoms with Gasteiger partial charge in [0.1, 0.15) is 11.6 Å². The van der Waals surface area contributed by atoms with Gasteiger partial charge in [0.15, 0.2) is 5.16 Å². The second kappa shape index (κ2) is 10.7. The predicted molar refractivity (Wildman–Crippen MR) is 104 cm³/mol. The van der Waals surface area contributed by atoms with E-state index in [4.69, 9.17) is 16.8 Å². The number of hydrogen-bond acceptors (Lipinski definition) is 6. The summed E-state index contributed by atoms with van der Waals surface area (Å²) in [6.45, 7) is 0. The van der Waals surface area contributed by atoms with Gasteiger partial charge in [-0.05, 0) is 25.0 Å². The van der Waals surface area contributed by atoms with E-state index < -0.39 is 5.56 Å². The van der Waals surface area contributed by atoms with Gasteiger partial charge < -0.3 is 4.98 Å². The maximum absolute atomic E-state index is 12.2. The lowest BCUT2D eigenvalue weighted by molar-refractivity contribution is -0.129. The molecule has 7 nitrogen and oxygen atoms in total. The van der Waals surface area contributed by atoms with Crippen LogP contribution in [0.4, 0.5) is 0 Å². The maximum Gasteiger partial charge on any atom is 0.270 e. The number of aromatic nitrogens is 2. The Kier molecular flexibility index (Phi) is 8.33. The van der Waals surface area contributed by atoms with E-state index in [0.717, 1.165) is 25.0 Å². The molecular formula is C18H19ClN4O3S. The largest absolute Gasteiger partial charge is 0.300 e. The minimum Gasteiger partial charge on any atom is -0.300 e. The third-order valence-corrected chi connectivity index (χ3v) is 5.00. The lowest BCUT2D eigenvalue weighted by Crippen LogP contribution is -2.17. The maximum atomic E-state index is 12.2. The average molecular weight is 407 g/mol. The highest BCUT2D eigenvalue weighted by molar-refractivity contribution is 7.99. The van der Waals surface area contributed by atoms with E-state index in [2.05, 4.69) is 9.97 Å². The summed E-state index contributed by atoms with van der Waals surface area (Å²) < 4.78 is 0. The van der Waals surface area contributed by atoms with Crippen LogP contribution >= 0.6 is 23.4 Å². The van der Waals surface area contributed by atoms with Crippen LogP contribution in [0.15, 0.2) is 34.2 Å². The number of rotatable bonds is 9. The zero-order valence-electron chi connectivity index (χ0n) is 14.5. The van der Waals surface area contributed by atoms with Gasteiger partial charge in [0.05, 0.1) is 5.69 Å². The fourth-order valence-corrected chi connectivity index (χ4v) is 3.40. The summed E-state index contributed by atoms with van der Waals surface area (Å²) in [6, 6.07) is 8.73. The molecule has 0 aliphatic carbocycles. The highest BCUT2D eigenvalue weighted by atomic mass is 35.5. The van der Waals surface area contributed by atoms with Gasteiger partial charge in [-0.2, -0.15) is 5.26 Å². The summed E-state index contributed by atoms with van der Waals surface area (Å²) in [7, 11) is 0. The molecule has 9 heteroatoms. The Morgan fingerprint density at radius 3 is 2.63 bits per heavy atom. The first-order chi connectivity index (χ1) is 13.0. The van der Waals surface area contributed by atoms with Crippen LogP contribution in [-0.4, -0.2) is 26.8 Å². The second-order valence-electron chi connectivity index (χ2n) is 5.76. The number of nitriles is 1. The minimum absolute atomic E-state index is 0.0242. The van der Waals surface area contributed by atoms with E-state index in [1.54, 1.807) is 29.7 Å². The van der Waals surface area contributed by atoms with Crippen molar-refractivity contribution >= 4 is 29.3 Å². The fourth-order valence-electron chi connectivity index (χ4n) is 2.41. The highest BCUT2D eigenvalue weighted by Crippen LogP contribution is 2.24. The molecule has 0 saturated carbocycles. The van der Waals surface area contributed by atoms with E-state index in [1.807, 2.05) is 6.07 Å². The molecule has 27 heavy (non-hydrogen) atoms. The molecule has 0 fully saturated rings. The number of amides is 1. The van der Waals surface area contributed by atoms with Gasteiger partial charge in [0.25, 0.3) is 5.56 Å². The van der Waals surface area contributed by atoms with Crippen LogP contribution in [0, 0.1) is 11.3 Å². The third kappa shape index (κ3) is 6.40. The third-order valence-electron chi connectivity index (χ3n) is 3.79. The van der Waals surface area contributed by atoms with Gasteiger partial charge >= 0.3 is 0 Å². The molecule has 1 aromatic carbocycles. The Labute approximate surface area is 165 Å². The Balaban J connectivity index is 1.96. The van der Waals surface area contributed by atoms with E-state index in [9.17, 15) is 14.9 Å². The number of carbonyl (C=O) groups is 1. The first-order valence-corrected chi connectivity index (χ1v) is 9.77. The van der Waals surface area contributed by atoms with E-state index in [0.29, 0.717) is 34.3 Å². The summed E-state index contributed by atoms with van der Waals surface area (Å²) in [5.41, 5.74) is 2.12. The van der Waals surface area contributed by atoms with Crippen molar-refractivity contribution in [2.75, 3.05) is 5.75 Å². The van der Waals surface area contributed by atoms with Gasteiger partial charge in [-0.15, -0.1) is 0 Å². The number of hydrogen-bond donors (Lipinski definition) is 3. The van der Waals surface area contributed by atoms with Gasteiger partial charge in [-0.25, -0.2) is 10.5 Å². The van der Waals surface area contributed by atoms with Gasteiger partial charge in [0.2, 0.25) is 5.91 Å². The Morgan fingerprint density at radius 2 is 1.96 bits per heavy atom. The summed E-state index contributed by atoms with van der Waals surface area (Å²) in [4.78, 5) is 30.2. The molecule has 3 N–H and O–H groups in total. The topological polar surface area (TPSA) is 119 Å². The van der Waals surface area contributed by atoms with E-state index in [-0.39, 0.29) is 11.5 Å². The molecule has 1 amide bonds. The number of H-pyrrole nitrogens is 1. The van der Waals surface area contributed by atoms with E-state index in [1.165, 1.54) is 11.8 Å². The van der Waals surface area contributed by atoms with Crippen molar-refractivity contribution in [1.29, 1.82) is 5.26 Å². The van der Waals surface area contributed by atoms with Crippen LogP contribution in [-0.2, 0) is 4.79 Å². The summed E-state index contributed by atoms with van der Waals surface area (Å²) in [5, 5.41) is 18.7. The minimum atomic E-state index is -0.463.